The fourth-order valence-corrected chi connectivity index (χ4v) is 2.48. The molecule has 0 saturated heterocycles. The second-order valence-corrected chi connectivity index (χ2v) is 5.85. The van der Waals surface area contributed by atoms with E-state index in [-0.39, 0.29) is 11.5 Å². The maximum absolute atomic E-state index is 10.2. The molecule has 3 nitrogen and oxygen atoms in total. The van der Waals surface area contributed by atoms with Crippen LogP contribution in [0.2, 0.25) is 0 Å². The number of methoxy groups -OCH3 is 1. The molecule has 0 unspecified atom stereocenters. The van der Waals surface area contributed by atoms with Crippen LogP contribution in [0.4, 0.5) is 0 Å². The van der Waals surface area contributed by atoms with Gasteiger partial charge in [0.25, 0.3) is 0 Å². The van der Waals surface area contributed by atoms with Crippen molar-refractivity contribution in [1.29, 1.82) is 0 Å². The zero-order valence-corrected chi connectivity index (χ0v) is 14.5. The summed E-state index contributed by atoms with van der Waals surface area (Å²) in [7, 11) is 1.64. The van der Waals surface area contributed by atoms with Crippen molar-refractivity contribution in [2.75, 3.05) is 7.11 Å². The molecule has 0 spiro atoms. The Hall–Kier alpha value is -3.46. The zero-order valence-electron chi connectivity index (χ0n) is 14.5. The molecule has 130 valence electrons. The van der Waals surface area contributed by atoms with Crippen molar-refractivity contribution in [3.05, 3.63) is 89.0 Å². The maximum Gasteiger partial charge on any atom is 0.123 e. The van der Waals surface area contributed by atoms with E-state index in [1.165, 1.54) is 0 Å². The monoisotopic (exact) mass is 344 g/mol. The highest BCUT2D eigenvalue weighted by Crippen LogP contribution is 2.23. The molecule has 0 saturated carbocycles. The standard InChI is InChI=1S/C23H20O3/c1-26-22-14-8-18(9-15-22)4-10-20-11-5-19(16-23(20)25)3-2-17-6-12-21(24)13-7-17/h2-16,24-25H,1H3/b3-2+,10-4+. The zero-order chi connectivity index (χ0) is 18.4. The van der Waals surface area contributed by atoms with E-state index in [0.717, 1.165) is 28.0 Å². The molecule has 3 heteroatoms. The van der Waals surface area contributed by atoms with Crippen molar-refractivity contribution < 1.29 is 14.9 Å². The summed E-state index contributed by atoms with van der Waals surface area (Å²) in [6, 6.07) is 20.2. The molecule has 0 aliphatic rings. The fourth-order valence-electron chi connectivity index (χ4n) is 2.48. The van der Waals surface area contributed by atoms with E-state index in [1.807, 2.05) is 72.8 Å². The Bertz CT molecular complexity index is 921. The molecule has 3 aromatic rings. The molecule has 0 bridgehead atoms. The molecule has 0 fully saturated rings. The lowest BCUT2D eigenvalue weighted by molar-refractivity contribution is 0.415. The quantitative estimate of drug-likeness (QED) is 0.605. The summed E-state index contributed by atoms with van der Waals surface area (Å²) in [5, 5.41) is 19.5. The van der Waals surface area contributed by atoms with Crippen LogP contribution in [0.3, 0.4) is 0 Å². The maximum atomic E-state index is 10.2. The van der Waals surface area contributed by atoms with E-state index < -0.39 is 0 Å². The molecule has 0 amide bonds. The fraction of sp³-hybridized carbons (Fsp3) is 0.0435. The van der Waals surface area contributed by atoms with Gasteiger partial charge in [0.2, 0.25) is 0 Å². The van der Waals surface area contributed by atoms with Crippen LogP contribution in [-0.2, 0) is 0 Å². The van der Waals surface area contributed by atoms with Gasteiger partial charge in [0, 0.05) is 5.56 Å². The van der Waals surface area contributed by atoms with Gasteiger partial charge < -0.3 is 14.9 Å². The summed E-state index contributed by atoms with van der Waals surface area (Å²) < 4.78 is 5.14. The third-order valence-corrected chi connectivity index (χ3v) is 3.99. The summed E-state index contributed by atoms with van der Waals surface area (Å²) in [6.07, 6.45) is 7.68. The second kappa shape index (κ2) is 8.08. The lowest BCUT2D eigenvalue weighted by atomic mass is 10.1. The third kappa shape index (κ3) is 4.54. The Labute approximate surface area is 153 Å². The number of hydrogen-bond donors (Lipinski definition) is 2. The SMILES string of the molecule is COc1ccc(/C=C/c2ccc(/C=C/c3ccc(O)cc3)cc2O)cc1. The minimum Gasteiger partial charge on any atom is -0.508 e. The van der Waals surface area contributed by atoms with Gasteiger partial charge in [-0.15, -0.1) is 0 Å². The van der Waals surface area contributed by atoms with Crippen LogP contribution in [0.1, 0.15) is 22.3 Å². The topological polar surface area (TPSA) is 49.7 Å². The van der Waals surface area contributed by atoms with Crippen molar-refractivity contribution in [3.8, 4) is 17.2 Å². The van der Waals surface area contributed by atoms with Crippen LogP contribution in [-0.4, -0.2) is 17.3 Å². The normalized spacial score (nSPS) is 11.3. The minimum atomic E-state index is 0.225. The largest absolute Gasteiger partial charge is 0.508 e. The minimum absolute atomic E-state index is 0.225. The van der Waals surface area contributed by atoms with Gasteiger partial charge in [-0.2, -0.15) is 0 Å². The Morgan fingerprint density at radius 1 is 0.654 bits per heavy atom. The summed E-state index contributed by atoms with van der Waals surface area (Å²) in [5.41, 5.74) is 3.66. The third-order valence-electron chi connectivity index (χ3n) is 3.99. The van der Waals surface area contributed by atoms with Crippen molar-refractivity contribution in [3.63, 3.8) is 0 Å². The molecule has 0 aliphatic carbocycles. The van der Waals surface area contributed by atoms with E-state index >= 15 is 0 Å². The van der Waals surface area contributed by atoms with Gasteiger partial charge in [0.05, 0.1) is 7.11 Å². The molecule has 26 heavy (non-hydrogen) atoms. The highest BCUT2D eigenvalue weighted by atomic mass is 16.5. The number of aromatic hydroxyl groups is 2. The molecule has 3 aromatic carbocycles. The lowest BCUT2D eigenvalue weighted by Crippen LogP contribution is -1.81. The van der Waals surface area contributed by atoms with Crippen LogP contribution in [0.5, 0.6) is 17.2 Å². The molecule has 3 rings (SSSR count). The smallest absolute Gasteiger partial charge is 0.123 e. The molecular weight excluding hydrogens is 324 g/mol. The number of phenolic OH excluding ortho intramolecular Hbond substituents is 2. The number of rotatable bonds is 5. The first-order valence-electron chi connectivity index (χ1n) is 8.26. The summed E-state index contributed by atoms with van der Waals surface area (Å²) in [4.78, 5) is 0. The van der Waals surface area contributed by atoms with Crippen LogP contribution < -0.4 is 4.74 Å². The number of ether oxygens (including phenoxy) is 1. The average molecular weight is 344 g/mol. The van der Waals surface area contributed by atoms with Gasteiger partial charge in [-0.25, -0.2) is 0 Å². The number of hydrogen-bond acceptors (Lipinski definition) is 3. The van der Waals surface area contributed by atoms with Crippen molar-refractivity contribution in [2.24, 2.45) is 0 Å². The first kappa shape index (κ1) is 17.4. The average Bonchev–Trinajstić information content (AvgIpc) is 2.67. The summed E-state index contributed by atoms with van der Waals surface area (Å²) in [5.74, 6) is 1.28. The molecule has 0 radical (unpaired) electrons. The highest BCUT2D eigenvalue weighted by Gasteiger charge is 1.99. The van der Waals surface area contributed by atoms with E-state index in [0.29, 0.717) is 0 Å². The second-order valence-electron chi connectivity index (χ2n) is 5.85. The first-order valence-corrected chi connectivity index (χ1v) is 8.26. The molecular formula is C23H20O3. The van der Waals surface area contributed by atoms with Crippen molar-refractivity contribution in [1.82, 2.24) is 0 Å². The number of phenols is 2. The van der Waals surface area contributed by atoms with E-state index in [2.05, 4.69) is 0 Å². The van der Waals surface area contributed by atoms with Gasteiger partial charge in [-0.1, -0.05) is 60.7 Å². The van der Waals surface area contributed by atoms with Gasteiger partial charge in [-0.05, 0) is 47.0 Å². The van der Waals surface area contributed by atoms with Gasteiger partial charge in [0.1, 0.15) is 17.2 Å². The van der Waals surface area contributed by atoms with Crippen molar-refractivity contribution in [2.45, 2.75) is 0 Å². The Kier molecular flexibility index (Phi) is 5.40. The summed E-state index contributed by atoms with van der Waals surface area (Å²) in [6.45, 7) is 0. The van der Waals surface area contributed by atoms with Crippen LogP contribution >= 0.6 is 0 Å². The van der Waals surface area contributed by atoms with E-state index in [1.54, 1.807) is 25.3 Å². The predicted octanol–water partition coefficient (Wildman–Crippen LogP) is 5.45. The van der Waals surface area contributed by atoms with E-state index in [4.69, 9.17) is 4.74 Å². The Morgan fingerprint density at radius 2 is 1.19 bits per heavy atom. The molecule has 0 aromatic heterocycles. The van der Waals surface area contributed by atoms with Gasteiger partial charge in [0.15, 0.2) is 0 Å². The van der Waals surface area contributed by atoms with Gasteiger partial charge in [-0.3, -0.25) is 0 Å². The number of benzene rings is 3. The first-order chi connectivity index (χ1) is 12.6. The molecule has 0 heterocycles. The highest BCUT2D eigenvalue weighted by molar-refractivity contribution is 5.75. The molecule has 2 N–H and O–H groups in total. The summed E-state index contributed by atoms with van der Waals surface area (Å²) >= 11 is 0. The van der Waals surface area contributed by atoms with Crippen LogP contribution in [0.25, 0.3) is 24.3 Å². The van der Waals surface area contributed by atoms with E-state index in [9.17, 15) is 10.2 Å². The predicted molar refractivity (Wildman–Crippen MR) is 107 cm³/mol. The lowest BCUT2D eigenvalue weighted by Gasteiger charge is -2.02. The van der Waals surface area contributed by atoms with Crippen LogP contribution in [0, 0.1) is 0 Å². The van der Waals surface area contributed by atoms with Crippen LogP contribution in [0.15, 0.2) is 66.7 Å². The van der Waals surface area contributed by atoms with Crippen molar-refractivity contribution >= 4 is 24.3 Å². The Morgan fingerprint density at radius 3 is 1.81 bits per heavy atom. The molecule has 0 atom stereocenters. The van der Waals surface area contributed by atoms with Gasteiger partial charge >= 0.3 is 0 Å². The Balaban J connectivity index is 1.72. The molecule has 0 aliphatic heterocycles.